The summed E-state index contributed by atoms with van der Waals surface area (Å²) in [6.45, 7) is 5.05. The Labute approximate surface area is 198 Å². The van der Waals surface area contributed by atoms with E-state index in [2.05, 4.69) is 12.2 Å². The Morgan fingerprint density at radius 2 is 1.85 bits per heavy atom. The highest BCUT2D eigenvalue weighted by atomic mass is 16.1. The molecule has 176 valence electrons. The Kier molecular flexibility index (Phi) is 7.21. The average molecular weight is 458 g/mol. The molecule has 0 atom stereocenters. The molecule has 0 aliphatic heterocycles. The monoisotopic (exact) mass is 457 g/mol. The molecule has 0 fully saturated rings. The fraction of sp³-hybridized carbons (Fsp3) is 0.333. The zero-order valence-electron chi connectivity index (χ0n) is 19.8. The Bertz CT molecular complexity index is 1440. The first-order valence-corrected chi connectivity index (χ1v) is 11.9. The molecule has 7 nitrogen and oxygen atoms in total. The number of nitrogens with one attached hydrogen (secondary N) is 2. The maximum Gasteiger partial charge on any atom is 0.267 e. The van der Waals surface area contributed by atoms with Gasteiger partial charge in [-0.15, -0.1) is 0 Å². The number of nitrogens with zero attached hydrogens (tertiary/aromatic N) is 3. The van der Waals surface area contributed by atoms with Crippen LogP contribution in [0.3, 0.4) is 0 Å². The molecule has 2 N–H and O–H groups in total. The fourth-order valence-electron chi connectivity index (χ4n) is 4.24. The average Bonchev–Trinajstić information content (AvgIpc) is 2.84. The van der Waals surface area contributed by atoms with Gasteiger partial charge >= 0.3 is 0 Å². The summed E-state index contributed by atoms with van der Waals surface area (Å²) < 4.78 is 3.24. The molecule has 1 aromatic carbocycles. The van der Waals surface area contributed by atoms with E-state index in [-0.39, 0.29) is 22.5 Å². The third-order valence-electron chi connectivity index (χ3n) is 6.16. The number of fused-ring (bicyclic) bond motifs is 2. The summed E-state index contributed by atoms with van der Waals surface area (Å²) in [5.41, 5.74) is 3.09. The van der Waals surface area contributed by atoms with Crippen molar-refractivity contribution >= 4 is 22.6 Å². The standard InChI is InChI=1S/C27H31N5O2/c1-3-4-5-9-16-31-23(28)21(26(33)29-15-14-20-12-7-6-8-13-20)18-22-25(31)30-24-19(2)11-10-17-32(24)27(22)34/h6-8,10-13,17-18,28H,3-5,9,14-16H2,1-2H3,(H,29,33). The normalized spacial score (nSPS) is 11.2. The van der Waals surface area contributed by atoms with Crippen LogP contribution in [0.4, 0.5) is 0 Å². The van der Waals surface area contributed by atoms with Crippen LogP contribution in [0.1, 0.15) is 54.1 Å². The van der Waals surface area contributed by atoms with Gasteiger partial charge in [0.1, 0.15) is 16.8 Å². The van der Waals surface area contributed by atoms with E-state index in [0.717, 1.165) is 36.8 Å². The van der Waals surface area contributed by atoms with Gasteiger partial charge in [0, 0.05) is 19.3 Å². The van der Waals surface area contributed by atoms with Gasteiger partial charge in [-0.25, -0.2) is 4.98 Å². The molecule has 34 heavy (non-hydrogen) atoms. The Morgan fingerprint density at radius 1 is 1.06 bits per heavy atom. The number of amides is 1. The summed E-state index contributed by atoms with van der Waals surface area (Å²) in [6, 6.07) is 15.2. The Morgan fingerprint density at radius 3 is 2.62 bits per heavy atom. The highest BCUT2D eigenvalue weighted by Crippen LogP contribution is 2.14. The van der Waals surface area contributed by atoms with Gasteiger partial charge in [0.25, 0.3) is 11.5 Å². The second kappa shape index (κ2) is 10.5. The van der Waals surface area contributed by atoms with Gasteiger partial charge in [0.2, 0.25) is 0 Å². The number of unbranched alkanes of at least 4 members (excludes halogenated alkanes) is 3. The molecular weight excluding hydrogens is 426 g/mol. The SMILES string of the molecule is CCCCCCn1c(=N)c(C(=O)NCCc2ccccc2)cc2c(=O)n3cccc(C)c3nc21. The number of aromatic nitrogens is 3. The largest absolute Gasteiger partial charge is 0.352 e. The number of aryl methyl sites for hydroxylation is 2. The topological polar surface area (TPSA) is 92.2 Å². The van der Waals surface area contributed by atoms with Crippen LogP contribution >= 0.6 is 0 Å². The van der Waals surface area contributed by atoms with E-state index >= 15 is 0 Å². The third kappa shape index (κ3) is 4.78. The molecule has 0 bridgehead atoms. The van der Waals surface area contributed by atoms with Crippen LogP contribution in [-0.2, 0) is 13.0 Å². The van der Waals surface area contributed by atoms with Gasteiger partial charge in [-0.1, -0.05) is 62.6 Å². The second-order valence-electron chi connectivity index (χ2n) is 8.65. The van der Waals surface area contributed by atoms with Gasteiger partial charge in [-0.3, -0.25) is 19.4 Å². The van der Waals surface area contributed by atoms with E-state index in [0.29, 0.717) is 36.2 Å². The number of carbonyl (C=O) groups excluding carboxylic acids is 1. The maximum absolute atomic E-state index is 13.4. The van der Waals surface area contributed by atoms with E-state index in [1.54, 1.807) is 10.8 Å². The summed E-state index contributed by atoms with van der Waals surface area (Å²) in [6.07, 6.45) is 6.46. The summed E-state index contributed by atoms with van der Waals surface area (Å²) in [5, 5.41) is 12.1. The molecule has 4 aromatic rings. The molecular formula is C27H31N5O2. The predicted octanol–water partition coefficient (Wildman–Crippen LogP) is 3.99. The van der Waals surface area contributed by atoms with Crippen molar-refractivity contribution in [1.82, 2.24) is 19.3 Å². The Balaban J connectivity index is 1.75. The number of benzene rings is 1. The maximum atomic E-state index is 13.4. The lowest BCUT2D eigenvalue weighted by molar-refractivity contribution is 0.0951. The molecule has 3 heterocycles. The smallest absolute Gasteiger partial charge is 0.267 e. The van der Waals surface area contributed by atoms with E-state index < -0.39 is 0 Å². The molecule has 0 saturated heterocycles. The molecule has 0 aliphatic carbocycles. The van der Waals surface area contributed by atoms with Crippen molar-refractivity contribution in [2.24, 2.45) is 0 Å². The van der Waals surface area contributed by atoms with Crippen LogP contribution in [-0.4, -0.2) is 26.4 Å². The van der Waals surface area contributed by atoms with Crippen LogP contribution in [0.2, 0.25) is 0 Å². The zero-order valence-corrected chi connectivity index (χ0v) is 19.8. The summed E-state index contributed by atoms with van der Waals surface area (Å²) in [4.78, 5) is 31.2. The molecule has 4 rings (SSSR count). The van der Waals surface area contributed by atoms with Crippen LogP contribution in [0.5, 0.6) is 0 Å². The van der Waals surface area contributed by atoms with Gasteiger partial charge in [0.05, 0.1) is 10.9 Å². The lowest BCUT2D eigenvalue weighted by atomic mass is 10.1. The number of rotatable bonds is 9. The number of hydrogen-bond donors (Lipinski definition) is 2. The predicted molar refractivity (Wildman–Crippen MR) is 134 cm³/mol. The summed E-state index contributed by atoms with van der Waals surface area (Å²) in [7, 11) is 0. The fourth-order valence-corrected chi connectivity index (χ4v) is 4.24. The Hall–Kier alpha value is -3.74. The van der Waals surface area contributed by atoms with Crippen molar-refractivity contribution in [3.05, 3.63) is 87.3 Å². The van der Waals surface area contributed by atoms with E-state index in [9.17, 15) is 9.59 Å². The molecule has 0 saturated carbocycles. The lowest BCUT2D eigenvalue weighted by Crippen LogP contribution is -2.35. The van der Waals surface area contributed by atoms with Crippen LogP contribution in [0, 0.1) is 12.3 Å². The molecule has 0 spiro atoms. The summed E-state index contributed by atoms with van der Waals surface area (Å²) in [5.74, 6) is -0.348. The highest BCUT2D eigenvalue weighted by Gasteiger charge is 2.17. The van der Waals surface area contributed by atoms with Crippen LogP contribution < -0.4 is 16.4 Å². The minimum Gasteiger partial charge on any atom is -0.352 e. The first kappa shape index (κ1) is 23.4. The lowest BCUT2D eigenvalue weighted by Gasteiger charge is -2.15. The van der Waals surface area contributed by atoms with Crippen LogP contribution in [0.15, 0.2) is 59.5 Å². The third-order valence-corrected chi connectivity index (χ3v) is 6.16. The van der Waals surface area contributed by atoms with Gasteiger partial charge in [-0.05, 0) is 43.0 Å². The number of pyridine rings is 2. The van der Waals surface area contributed by atoms with Crippen molar-refractivity contribution in [1.29, 1.82) is 5.41 Å². The first-order chi connectivity index (χ1) is 16.5. The van der Waals surface area contributed by atoms with Crippen molar-refractivity contribution < 1.29 is 4.79 Å². The zero-order chi connectivity index (χ0) is 24.1. The second-order valence-corrected chi connectivity index (χ2v) is 8.65. The van der Waals surface area contributed by atoms with Crippen molar-refractivity contribution in [3.8, 4) is 0 Å². The number of carbonyl (C=O) groups is 1. The van der Waals surface area contributed by atoms with Gasteiger partial charge in [0.15, 0.2) is 0 Å². The quantitative estimate of drug-likeness (QED) is 0.294. The van der Waals surface area contributed by atoms with E-state index in [1.807, 2.05) is 49.4 Å². The first-order valence-electron chi connectivity index (χ1n) is 11.9. The minimum absolute atomic E-state index is 0.0889. The molecule has 0 aliphatic rings. The number of hydrogen-bond acceptors (Lipinski definition) is 4. The van der Waals surface area contributed by atoms with Crippen LogP contribution in [0.25, 0.3) is 16.7 Å². The highest BCUT2D eigenvalue weighted by molar-refractivity contribution is 5.96. The minimum atomic E-state index is -0.348. The molecule has 3 aromatic heterocycles. The van der Waals surface area contributed by atoms with Gasteiger partial charge in [-0.2, -0.15) is 0 Å². The summed E-state index contributed by atoms with van der Waals surface area (Å²) >= 11 is 0. The van der Waals surface area contributed by atoms with E-state index in [1.165, 1.54) is 10.5 Å². The van der Waals surface area contributed by atoms with Crippen molar-refractivity contribution in [2.45, 2.75) is 52.5 Å². The van der Waals surface area contributed by atoms with Crippen molar-refractivity contribution in [3.63, 3.8) is 0 Å². The molecule has 1 amide bonds. The molecule has 7 heteroatoms. The van der Waals surface area contributed by atoms with E-state index in [4.69, 9.17) is 10.4 Å². The molecule has 0 unspecified atom stereocenters. The van der Waals surface area contributed by atoms with Gasteiger partial charge < -0.3 is 9.88 Å². The van der Waals surface area contributed by atoms with Crippen molar-refractivity contribution in [2.75, 3.05) is 6.54 Å². The molecule has 0 radical (unpaired) electrons.